The molecular formula is C15H14N4O2S. The molecule has 1 aromatic heterocycles. The minimum Gasteiger partial charge on any atom is -0.508 e. The Balaban J connectivity index is 2.13. The zero-order chi connectivity index (χ0) is 15.9. The predicted octanol–water partition coefficient (Wildman–Crippen LogP) is 2.74. The maximum absolute atomic E-state index is 12.1. The molecule has 0 saturated heterocycles. The largest absolute Gasteiger partial charge is 0.508 e. The topological polar surface area (TPSA) is 98.9 Å². The van der Waals surface area contributed by atoms with Crippen molar-refractivity contribution in [2.45, 2.75) is 19.8 Å². The standard InChI is InChI=1S/C15H14N4O2S/c1-2-4-13-18-19-15(22-13)17-14(21)11(9-16)7-10-5-3-6-12(20)8-10/h3,5-8,20H,2,4H2,1H3,(H,17,19,21)/b11-7+. The molecule has 22 heavy (non-hydrogen) atoms. The first kappa shape index (κ1) is 15.7. The first-order valence-corrected chi connectivity index (χ1v) is 7.48. The van der Waals surface area contributed by atoms with E-state index in [1.54, 1.807) is 12.1 Å². The molecule has 0 aliphatic rings. The number of amides is 1. The van der Waals surface area contributed by atoms with Gasteiger partial charge in [0.15, 0.2) is 0 Å². The average molecular weight is 314 g/mol. The number of aryl methyl sites for hydroxylation is 1. The molecule has 0 fully saturated rings. The fraction of sp³-hybridized carbons (Fsp3) is 0.200. The summed E-state index contributed by atoms with van der Waals surface area (Å²) in [4.78, 5) is 12.1. The summed E-state index contributed by atoms with van der Waals surface area (Å²) in [6.45, 7) is 2.03. The van der Waals surface area contributed by atoms with E-state index in [0.717, 1.165) is 17.8 Å². The number of aromatic nitrogens is 2. The number of anilines is 1. The Hall–Kier alpha value is -2.72. The lowest BCUT2D eigenvalue weighted by atomic mass is 10.1. The SMILES string of the molecule is CCCc1nnc(NC(=O)/C(C#N)=C/c2cccc(O)c2)s1. The third kappa shape index (κ3) is 4.14. The van der Waals surface area contributed by atoms with Crippen LogP contribution in [0.1, 0.15) is 23.9 Å². The van der Waals surface area contributed by atoms with Gasteiger partial charge in [-0.1, -0.05) is 30.4 Å². The van der Waals surface area contributed by atoms with Crippen LogP contribution in [0.15, 0.2) is 29.8 Å². The number of phenolic OH excluding ortho intramolecular Hbond substituents is 1. The summed E-state index contributed by atoms with van der Waals surface area (Å²) in [5.41, 5.74) is 0.494. The van der Waals surface area contributed by atoms with Crippen LogP contribution in [0, 0.1) is 11.3 Å². The lowest BCUT2D eigenvalue weighted by Crippen LogP contribution is -2.13. The molecule has 112 valence electrons. The van der Waals surface area contributed by atoms with Crippen molar-refractivity contribution < 1.29 is 9.90 Å². The van der Waals surface area contributed by atoms with E-state index in [2.05, 4.69) is 15.5 Å². The molecule has 0 aliphatic carbocycles. The van der Waals surface area contributed by atoms with Crippen LogP contribution < -0.4 is 5.32 Å². The molecule has 2 rings (SSSR count). The van der Waals surface area contributed by atoms with Gasteiger partial charge in [-0.25, -0.2) is 0 Å². The second-order valence-electron chi connectivity index (χ2n) is 4.47. The summed E-state index contributed by atoms with van der Waals surface area (Å²) < 4.78 is 0. The Bertz CT molecular complexity index is 746. The van der Waals surface area contributed by atoms with Crippen molar-refractivity contribution in [3.8, 4) is 11.8 Å². The number of hydrogen-bond donors (Lipinski definition) is 2. The van der Waals surface area contributed by atoms with E-state index in [9.17, 15) is 9.90 Å². The van der Waals surface area contributed by atoms with Gasteiger partial charge >= 0.3 is 0 Å². The summed E-state index contributed by atoms with van der Waals surface area (Å²) in [5, 5.41) is 30.1. The zero-order valence-corrected chi connectivity index (χ0v) is 12.7. The third-order valence-electron chi connectivity index (χ3n) is 2.70. The Morgan fingerprint density at radius 3 is 3.00 bits per heavy atom. The van der Waals surface area contributed by atoms with Gasteiger partial charge in [0.1, 0.15) is 22.4 Å². The number of phenols is 1. The van der Waals surface area contributed by atoms with Crippen LogP contribution in [-0.4, -0.2) is 21.2 Å². The fourth-order valence-electron chi connectivity index (χ4n) is 1.71. The first-order chi connectivity index (χ1) is 10.6. The second kappa shape index (κ2) is 7.33. The highest BCUT2D eigenvalue weighted by molar-refractivity contribution is 7.15. The van der Waals surface area contributed by atoms with Gasteiger partial charge in [0.05, 0.1) is 0 Å². The van der Waals surface area contributed by atoms with Gasteiger partial charge < -0.3 is 5.11 Å². The molecule has 0 saturated carbocycles. The van der Waals surface area contributed by atoms with Gasteiger partial charge in [0, 0.05) is 6.42 Å². The Morgan fingerprint density at radius 2 is 2.32 bits per heavy atom. The van der Waals surface area contributed by atoms with Gasteiger partial charge in [0.2, 0.25) is 5.13 Å². The van der Waals surface area contributed by atoms with Crippen LogP contribution >= 0.6 is 11.3 Å². The molecule has 0 radical (unpaired) electrons. The van der Waals surface area contributed by atoms with E-state index < -0.39 is 5.91 Å². The number of nitrogens with one attached hydrogen (secondary N) is 1. The van der Waals surface area contributed by atoms with Crippen molar-refractivity contribution in [2.75, 3.05) is 5.32 Å². The van der Waals surface area contributed by atoms with Crippen LogP contribution in [0.5, 0.6) is 5.75 Å². The number of rotatable bonds is 5. The molecule has 1 amide bonds. The summed E-state index contributed by atoms with van der Waals surface area (Å²) in [6, 6.07) is 8.15. The number of aromatic hydroxyl groups is 1. The number of hydrogen-bond acceptors (Lipinski definition) is 6. The molecule has 1 heterocycles. The average Bonchev–Trinajstić information content (AvgIpc) is 2.92. The molecule has 0 spiro atoms. The zero-order valence-electron chi connectivity index (χ0n) is 11.9. The Morgan fingerprint density at radius 1 is 1.50 bits per heavy atom. The van der Waals surface area contributed by atoms with Crippen LogP contribution in [0.2, 0.25) is 0 Å². The molecule has 6 nitrogen and oxygen atoms in total. The highest BCUT2D eigenvalue weighted by Gasteiger charge is 2.12. The molecule has 0 aliphatic heterocycles. The highest BCUT2D eigenvalue weighted by Crippen LogP contribution is 2.18. The third-order valence-corrected chi connectivity index (χ3v) is 3.60. The van der Waals surface area contributed by atoms with Crippen LogP contribution in [0.4, 0.5) is 5.13 Å². The van der Waals surface area contributed by atoms with Gasteiger partial charge in [0.25, 0.3) is 5.91 Å². The minimum absolute atomic E-state index is 0.0692. The summed E-state index contributed by atoms with van der Waals surface area (Å²) in [6.07, 6.45) is 3.16. The normalized spacial score (nSPS) is 11.0. The van der Waals surface area contributed by atoms with E-state index in [4.69, 9.17) is 5.26 Å². The van der Waals surface area contributed by atoms with E-state index in [0.29, 0.717) is 10.7 Å². The Labute approximate surface area is 131 Å². The molecule has 0 unspecified atom stereocenters. The first-order valence-electron chi connectivity index (χ1n) is 6.67. The van der Waals surface area contributed by atoms with Crippen LogP contribution in [0.25, 0.3) is 6.08 Å². The van der Waals surface area contributed by atoms with Crippen molar-refractivity contribution in [2.24, 2.45) is 0 Å². The second-order valence-corrected chi connectivity index (χ2v) is 5.53. The van der Waals surface area contributed by atoms with Gasteiger partial charge in [-0.3, -0.25) is 10.1 Å². The molecule has 2 N–H and O–H groups in total. The molecule has 0 bridgehead atoms. The van der Waals surface area contributed by atoms with Gasteiger partial charge in [-0.2, -0.15) is 5.26 Å². The maximum atomic E-state index is 12.1. The number of carbonyl (C=O) groups is 1. The number of nitriles is 1. The summed E-state index contributed by atoms with van der Waals surface area (Å²) >= 11 is 1.29. The van der Waals surface area contributed by atoms with Crippen molar-refractivity contribution in [3.63, 3.8) is 0 Å². The van der Waals surface area contributed by atoms with Crippen LogP contribution in [-0.2, 0) is 11.2 Å². The van der Waals surface area contributed by atoms with Crippen LogP contribution in [0.3, 0.4) is 0 Å². The number of carbonyl (C=O) groups excluding carboxylic acids is 1. The predicted molar refractivity (Wildman–Crippen MR) is 84.2 cm³/mol. The smallest absolute Gasteiger partial charge is 0.268 e. The number of benzene rings is 1. The highest BCUT2D eigenvalue weighted by atomic mass is 32.1. The monoisotopic (exact) mass is 314 g/mol. The van der Waals surface area contributed by atoms with E-state index in [1.165, 1.54) is 29.5 Å². The molecule has 7 heteroatoms. The van der Waals surface area contributed by atoms with Crippen molar-refractivity contribution in [1.82, 2.24) is 10.2 Å². The van der Waals surface area contributed by atoms with E-state index >= 15 is 0 Å². The summed E-state index contributed by atoms with van der Waals surface area (Å²) in [5.74, 6) is -0.482. The Kier molecular flexibility index (Phi) is 5.22. The van der Waals surface area contributed by atoms with Gasteiger partial charge in [-0.05, 0) is 30.2 Å². The molecule has 0 atom stereocenters. The molecular weight excluding hydrogens is 300 g/mol. The molecule has 2 aromatic rings. The van der Waals surface area contributed by atoms with E-state index in [-0.39, 0.29) is 11.3 Å². The quantitative estimate of drug-likeness (QED) is 0.653. The van der Waals surface area contributed by atoms with Crippen molar-refractivity contribution in [3.05, 3.63) is 40.4 Å². The van der Waals surface area contributed by atoms with E-state index in [1.807, 2.05) is 13.0 Å². The lowest BCUT2D eigenvalue weighted by molar-refractivity contribution is -0.112. The lowest BCUT2D eigenvalue weighted by Gasteiger charge is -2.00. The fourth-order valence-corrected chi connectivity index (χ4v) is 2.55. The van der Waals surface area contributed by atoms with Crippen molar-refractivity contribution in [1.29, 1.82) is 5.26 Å². The van der Waals surface area contributed by atoms with Crippen molar-refractivity contribution >= 4 is 28.5 Å². The summed E-state index contributed by atoms with van der Waals surface area (Å²) in [7, 11) is 0. The minimum atomic E-state index is -0.551. The van der Waals surface area contributed by atoms with Gasteiger partial charge in [-0.15, -0.1) is 10.2 Å². The number of nitrogens with zero attached hydrogens (tertiary/aromatic N) is 3. The molecule has 1 aromatic carbocycles. The maximum Gasteiger partial charge on any atom is 0.268 e.